The number of fused-ring (bicyclic) bond motifs is 1. The van der Waals surface area contributed by atoms with Gasteiger partial charge in [-0.25, -0.2) is 4.98 Å². The Labute approximate surface area is 126 Å². The Bertz CT molecular complexity index is 481. The predicted octanol–water partition coefficient (Wildman–Crippen LogP) is 4.82. The molecule has 1 fully saturated rings. The van der Waals surface area contributed by atoms with Crippen LogP contribution in [0, 0.1) is 17.3 Å². The van der Waals surface area contributed by atoms with Crippen molar-refractivity contribution in [2.24, 2.45) is 17.3 Å². The number of nitrogens with zero attached hydrogens (tertiary/aromatic N) is 1. The average Bonchev–Trinajstić information content (AvgIpc) is 2.96. The monoisotopic (exact) mass is 291 g/mol. The number of hydrogen-bond donors (Lipinski definition) is 0. The van der Waals surface area contributed by atoms with E-state index in [-0.39, 0.29) is 0 Å². The van der Waals surface area contributed by atoms with E-state index < -0.39 is 0 Å². The molecule has 2 unspecified atom stereocenters. The van der Waals surface area contributed by atoms with E-state index in [0.29, 0.717) is 18.1 Å². The van der Waals surface area contributed by atoms with E-state index in [1.807, 2.05) is 5.51 Å². The molecule has 0 saturated heterocycles. The third-order valence-corrected chi connectivity index (χ3v) is 6.35. The molecule has 110 valence electrons. The maximum Gasteiger partial charge on any atom is 0.0900 e. The summed E-state index contributed by atoms with van der Waals surface area (Å²) in [5.74, 6) is 1.61. The summed E-state index contributed by atoms with van der Waals surface area (Å²) < 4.78 is 6.09. The van der Waals surface area contributed by atoms with Gasteiger partial charge in [-0.3, -0.25) is 0 Å². The summed E-state index contributed by atoms with van der Waals surface area (Å²) in [6.45, 7) is 7.97. The highest BCUT2D eigenvalue weighted by Gasteiger charge is 2.43. The maximum atomic E-state index is 6.09. The minimum atomic E-state index is 0.386. The van der Waals surface area contributed by atoms with E-state index in [1.54, 1.807) is 16.9 Å². The molecule has 3 rings (SSSR count). The van der Waals surface area contributed by atoms with Crippen molar-refractivity contribution in [3.63, 3.8) is 0 Å². The van der Waals surface area contributed by atoms with Crippen LogP contribution in [0.25, 0.3) is 0 Å². The van der Waals surface area contributed by atoms with E-state index in [1.165, 1.54) is 19.3 Å². The van der Waals surface area contributed by atoms with Crippen molar-refractivity contribution in [2.45, 2.75) is 59.2 Å². The van der Waals surface area contributed by atoms with Crippen molar-refractivity contribution in [1.29, 1.82) is 0 Å². The maximum absolute atomic E-state index is 6.09. The minimum Gasteiger partial charge on any atom is -0.372 e. The quantitative estimate of drug-likeness (QED) is 0.745. The lowest BCUT2D eigenvalue weighted by Gasteiger charge is -2.49. The molecule has 0 aromatic carbocycles. The highest BCUT2D eigenvalue weighted by Crippen LogP contribution is 2.52. The second-order valence-electron chi connectivity index (χ2n) is 6.80. The minimum absolute atomic E-state index is 0.386. The third-order valence-electron chi connectivity index (χ3n) is 5.71. The van der Waals surface area contributed by atoms with Crippen LogP contribution in [0.15, 0.2) is 22.5 Å². The van der Waals surface area contributed by atoms with Crippen LogP contribution < -0.4 is 0 Å². The zero-order chi connectivity index (χ0) is 14.2. The molecule has 4 atom stereocenters. The largest absolute Gasteiger partial charge is 0.372 e. The molecule has 2 aliphatic rings. The number of rotatable bonds is 3. The summed E-state index contributed by atoms with van der Waals surface area (Å²) in [5.41, 5.74) is 5.02. The first-order valence-corrected chi connectivity index (χ1v) is 8.72. The molecular formula is C17H25NOS. The zero-order valence-corrected chi connectivity index (χ0v) is 13.6. The van der Waals surface area contributed by atoms with Crippen LogP contribution in [0.2, 0.25) is 0 Å². The van der Waals surface area contributed by atoms with Gasteiger partial charge in [-0.05, 0) is 42.9 Å². The van der Waals surface area contributed by atoms with Gasteiger partial charge in [0, 0.05) is 5.38 Å². The first-order valence-electron chi connectivity index (χ1n) is 7.78. The second kappa shape index (κ2) is 5.61. The molecule has 1 aromatic rings. The van der Waals surface area contributed by atoms with Crippen molar-refractivity contribution in [3.8, 4) is 0 Å². The van der Waals surface area contributed by atoms with E-state index in [0.717, 1.165) is 24.0 Å². The third kappa shape index (κ3) is 2.58. The normalized spacial score (nSPS) is 37.4. The van der Waals surface area contributed by atoms with Crippen LogP contribution in [-0.4, -0.2) is 11.1 Å². The van der Waals surface area contributed by atoms with Crippen molar-refractivity contribution in [3.05, 3.63) is 28.2 Å². The molecule has 0 aliphatic heterocycles. The Balaban J connectivity index is 1.63. The lowest BCUT2D eigenvalue weighted by molar-refractivity contribution is -0.00538. The van der Waals surface area contributed by atoms with Crippen LogP contribution in [0.3, 0.4) is 0 Å². The van der Waals surface area contributed by atoms with E-state index >= 15 is 0 Å². The first-order chi connectivity index (χ1) is 9.59. The highest BCUT2D eigenvalue weighted by atomic mass is 32.1. The Morgan fingerprint density at radius 1 is 1.45 bits per heavy atom. The molecular weight excluding hydrogens is 266 g/mol. The van der Waals surface area contributed by atoms with E-state index in [4.69, 9.17) is 4.74 Å². The van der Waals surface area contributed by atoms with E-state index in [9.17, 15) is 0 Å². The fourth-order valence-corrected chi connectivity index (χ4v) is 4.40. The summed E-state index contributed by atoms with van der Waals surface area (Å²) in [6, 6.07) is 0. The van der Waals surface area contributed by atoms with Crippen molar-refractivity contribution >= 4 is 11.3 Å². The van der Waals surface area contributed by atoms with Gasteiger partial charge in [-0.2, -0.15) is 0 Å². The molecule has 0 spiro atoms. The Kier molecular flexibility index (Phi) is 4.00. The second-order valence-corrected chi connectivity index (χ2v) is 7.52. The van der Waals surface area contributed by atoms with Crippen LogP contribution >= 0.6 is 11.3 Å². The fourth-order valence-electron chi connectivity index (χ4n) is 3.85. The van der Waals surface area contributed by atoms with Gasteiger partial charge in [-0.15, -0.1) is 11.3 Å². The molecule has 2 aliphatic carbocycles. The van der Waals surface area contributed by atoms with Crippen molar-refractivity contribution < 1.29 is 4.74 Å². The molecule has 0 radical (unpaired) electrons. The molecule has 0 bridgehead atoms. The lowest BCUT2D eigenvalue weighted by atomic mass is 9.57. The lowest BCUT2D eigenvalue weighted by Crippen LogP contribution is -2.40. The smallest absolute Gasteiger partial charge is 0.0900 e. The Morgan fingerprint density at radius 2 is 2.30 bits per heavy atom. The van der Waals surface area contributed by atoms with Crippen LogP contribution in [-0.2, 0) is 11.3 Å². The zero-order valence-electron chi connectivity index (χ0n) is 12.8. The van der Waals surface area contributed by atoms with Gasteiger partial charge in [0.2, 0.25) is 0 Å². The SMILES string of the molecule is CC1CC=C2C[C@@H](OCc3cscn3)CC[C@]2(C)C1C. The number of ether oxygens (including phenoxy) is 1. The van der Waals surface area contributed by atoms with Gasteiger partial charge in [-0.1, -0.05) is 32.4 Å². The fraction of sp³-hybridized carbons (Fsp3) is 0.706. The summed E-state index contributed by atoms with van der Waals surface area (Å²) in [7, 11) is 0. The summed E-state index contributed by atoms with van der Waals surface area (Å²) in [4.78, 5) is 4.30. The number of hydrogen-bond acceptors (Lipinski definition) is 3. The van der Waals surface area contributed by atoms with E-state index in [2.05, 4.69) is 37.2 Å². The van der Waals surface area contributed by atoms with Gasteiger partial charge >= 0.3 is 0 Å². The van der Waals surface area contributed by atoms with Crippen LogP contribution in [0.4, 0.5) is 0 Å². The number of aromatic nitrogens is 1. The van der Waals surface area contributed by atoms with Gasteiger partial charge in [0.1, 0.15) is 0 Å². The average molecular weight is 291 g/mol. The van der Waals surface area contributed by atoms with Crippen LogP contribution in [0.5, 0.6) is 0 Å². The molecule has 0 amide bonds. The Hall–Kier alpha value is -0.670. The van der Waals surface area contributed by atoms with Gasteiger partial charge in [0.15, 0.2) is 0 Å². The standard InChI is InChI=1S/C17H25NOS/c1-12-4-5-14-8-16(6-7-17(14,3)13(12)2)19-9-15-10-20-11-18-15/h5,10-13,16H,4,6-9H2,1-3H3/t12?,13?,16-,17+/m0/s1. The van der Waals surface area contributed by atoms with Gasteiger partial charge < -0.3 is 4.74 Å². The molecule has 0 N–H and O–H groups in total. The Morgan fingerprint density at radius 3 is 3.05 bits per heavy atom. The first kappa shape index (κ1) is 14.3. The van der Waals surface area contributed by atoms with Gasteiger partial charge in [0.25, 0.3) is 0 Å². The molecule has 1 heterocycles. The molecule has 2 nitrogen and oxygen atoms in total. The highest BCUT2D eigenvalue weighted by molar-refractivity contribution is 7.07. The van der Waals surface area contributed by atoms with Crippen molar-refractivity contribution in [1.82, 2.24) is 4.98 Å². The number of thiazole rings is 1. The van der Waals surface area contributed by atoms with Crippen molar-refractivity contribution in [2.75, 3.05) is 0 Å². The molecule has 1 aromatic heterocycles. The molecule has 20 heavy (non-hydrogen) atoms. The summed E-state index contributed by atoms with van der Waals surface area (Å²) in [6.07, 6.45) is 7.71. The molecule has 1 saturated carbocycles. The summed E-state index contributed by atoms with van der Waals surface area (Å²) >= 11 is 1.64. The topological polar surface area (TPSA) is 22.1 Å². The summed E-state index contributed by atoms with van der Waals surface area (Å²) in [5, 5.41) is 2.08. The number of allylic oxidation sites excluding steroid dienone is 1. The van der Waals surface area contributed by atoms with Crippen LogP contribution in [0.1, 0.15) is 52.1 Å². The van der Waals surface area contributed by atoms with Gasteiger partial charge in [0.05, 0.1) is 23.9 Å². The predicted molar refractivity (Wildman–Crippen MR) is 83.7 cm³/mol. The molecule has 3 heteroatoms.